The minimum Gasteiger partial charge on any atom is -0.481 e. The van der Waals surface area contributed by atoms with Crippen molar-refractivity contribution in [2.45, 2.75) is 31.8 Å². The Balaban J connectivity index is 1.66. The average molecular weight is 285 g/mol. The Morgan fingerprint density at radius 1 is 1.33 bits per heavy atom. The average Bonchev–Trinajstić information content (AvgIpc) is 3.12. The van der Waals surface area contributed by atoms with E-state index in [1.807, 2.05) is 10.8 Å². The van der Waals surface area contributed by atoms with Gasteiger partial charge >= 0.3 is 5.97 Å². The molecule has 1 atom stereocenters. The molecule has 0 saturated carbocycles. The fraction of sp³-hybridized carbons (Fsp3) is 0.375. The van der Waals surface area contributed by atoms with Crippen LogP contribution in [0.1, 0.15) is 24.8 Å². The zero-order valence-electron chi connectivity index (χ0n) is 11.9. The highest BCUT2D eigenvalue weighted by atomic mass is 16.4. The van der Waals surface area contributed by atoms with E-state index < -0.39 is 5.97 Å². The van der Waals surface area contributed by atoms with Gasteiger partial charge in [-0.15, -0.1) is 0 Å². The van der Waals surface area contributed by atoms with Gasteiger partial charge in [0.1, 0.15) is 0 Å². The molecule has 5 heteroatoms. The molecule has 2 aromatic rings. The van der Waals surface area contributed by atoms with Crippen LogP contribution >= 0.6 is 0 Å². The lowest BCUT2D eigenvalue weighted by Gasteiger charge is -2.23. The first-order valence-corrected chi connectivity index (χ1v) is 7.25. The van der Waals surface area contributed by atoms with Gasteiger partial charge < -0.3 is 9.67 Å². The van der Waals surface area contributed by atoms with E-state index in [0.29, 0.717) is 0 Å². The van der Waals surface area contributed by atoms with Crippen LogP contribution in [0.4, 0.5) is 0 Å². The SMILES string of the molecule is O=C(O)CC1CCCN1Cc1ccc(-n2ccnc2)cc1. The molecule has 0 bridgehead atoms. The number of aromatic nitrogens is 2. The van der Waals surface area contributed by atoms with Crippen molar-refractivity contribution in [3.63, 3.8) is 0 Å². The minimum atomic E-state index is -0.706. The van der Waals surface area contributed by atoms with Crippen LogP contribution in [0.25, 0.3) is 5.69 Å². The Kier molecular flexibility index (Phi) is 4.01. The summed E-state index contributed by atoms with van der Waals surface area (Å²) in [5.74, 6) is -0.706. The molecule has 21 heavy (non-hydrogen) atoms. The van der Waals surface area contributed by atoms with E-state index in [4.69, 9.17) is 5.11 Å². The van der Waals surface area contributed by atoms with E-state index in [1.165, 1.54) is 5.56 Å². The standard InChI is InChI=1S/C16H19N3O2/c20-16(21)10-15-2-1-8-18(15)11-13-3-5-14(6-4-13)19-9-7-17-12-19/h3-7,9,12,15H,1-2,8,10-11H2,(H,20,21). The quantitative estimate of drug-likeness (QED) is 0.916. The molecule has 0 spiro atoms. The first-order valence-electron chi connectivity index (χ1n) is 7.25. The molecular formula is C16H19N3O2. The Labute approximate surface area is 123 Å². The van der Waals surface area contributed by atoms with Crippen molar-refractivity contribution in [3.8, 4) is 5.69 Å². The zero-order chi connectivity index (χ0) is 14.7. The number of nitrogens with zero attached hydrogens (tertiary/aromatic N) is 3. The molecule has 1 aliphatic rings. The predicted octanol–water partition coefficient (Wildman–Crippen LogP) is 2.31. The lowest BCUT2D eigenvalue weighted by atomic mass is 10.1. The van der Waals surface area contributed by atoms with Crippen LogP contribution in [0.15, 0.2) is 43.0 Å². The van der Waals surface area contributed by atoms with Gasteiger partial charge in [-0.25, -0.2) is 4.98 Å². The molecule has 3 rings (SSSR count). The van der Waals surface area contributed by atoms with E-state index in [-0.39, 0.29) is 12.5 Å². The monoisotopic (exact) mass is 285 g/mol. The van der Waals surface area contributed by atoms with Gasteiger partial charge in [0.25, 0.3) is 0 Å². The summed E-state index contributed by atoms with van der Waals surface area (Å²) in [5, 5.41) is 8.96. The maximum Gasteiger partial charge on any atom is 0.304 e. The molecule has 0 amide bonds. The van der Waals surface area contributed by atoms with Gasteiger partial charge in [0.05, 0.1) is 12.7 Å². The number of carbonyl (C=O) groups is 1. The Bertz CT molecular complexity index is 592. The third-order valence-electron chi connectivity index (χ3n) is 4.03. The van der Waals surface area contributed by atoms with Crippen LogP contribution in [0.3, 0.4) is 0 Å². The highest BCUT2D eigenvalue weighted by molar-refractivity contribution is 5.67. The fourth-order valence-corrected chi connectivity index (χ4v) is 2.96. The Morgan fingerprint density at radius 3 is 2.81 bits per heavy atom. The number of imidazole rings is 1. The van der Waals surface area contributed by atoms with Crippen molar-refractivity contribution >= 4 is 5.97 Å². The van der Waals surface area contributed by atoms with Crippen molar-refractivity contribution in [2.24, 2.45) is 0 Å². The maximum absolute atomic E-state index is 10.9. The molecule has 1 fully saturated rings. The molecule has 1 aliphatic heterocycles. The number of carboxylic acids is 1. The molecule has 110 valence electrons. The van der Waals surface area contributed by atoms with Gasteiger partial charge in [-0.3, -0.25) is 9.69 Å². The first kappa shape index (κ1) is 13.8. The van der Waals surface area contributed by atoms with Crippen LogP contribution in [-0.4, -0.2) is 38.1 Å². The van der Waals surface area contributed by atoms with E-state index in [1.54, 1.807) is 12.5 Å². The molecule has 1 N–H and O–H groups in total. The molecule has 0 aliphatic carbocycles. The summed E-state index contributed by atoms with van der Waals surface area (Å²) in [6, 6.07) is 8.52. The third kappa shape index (κ3) is 3.31. The second-order valence-electron chi connectivity index (χ2n) is 5.50. The summed E-state index contributed by atoms with van der Waals surface area (Å²) in [7, 11) is 0. The molecule has 1 unspecified atom stereocenters. The molecule has 0 radical (unpaired) electrons. The number of aliphatic carboxylic acids is 1. The molecule has 2 heterocycles. The summed E-state index contributed by atoms with van der Waals surface area (Å²) in [6.45, 7) is 1.81. The summed E-state index contributed by atoms with van der Waals surface area (Å²) >= 11 is 0. The fourth-order valence-electron chi connectivity index (χ4n) is 2.96. The Morgan fingerprint density at radius 2 is 2.14 bits per heavy atom. The second-order valence-corrected chi connectivity index (χ2v) is 5.50. The number of benzene rings is 1. The largest absolute Gasteiger partial charge is 0.481 e. The van der Waals surface area contributed by atoms with E-state index >= 15 is 0 Å². The molecule has 1 saturated heterocycles. The van der Waals surface area contributed by atoms with Crippen molar-refractivity contribution in [2.75, 3.05) is 6.54 Å². The van der Waals surface area contributed by atoms with Crippen LogP contribution in [-0.2, 0) is 11.3 Å². The molecule has 1 aromatic heterocycles. The van der Waals surface area contributed by atoms with Gasteiger partial charge in [0, 0.05) is 30.7 Å². The predicted molar refractivity (Wildman–Crippen MR) is 79.2 cm³/mol. The number of carboxylic acid groups (broad SMARTS) is 1. The van der Waals surface area contributed by atoms with Gasteiger partial charge in [0.2, 0.25) is 0 Å². The Hall–Kier alpha value is -2.14. The number of rotatable bonds is 5. The summed E-state index contributed by atoms with van der Waals surface area (Å²) in [6.07, 6.45) is 7.77. The van der Waals surface area contributed by atoms with Crippen LogP contribution < -0.4 is 0 Å². The lowest BCUT2D eigenvalue weighted by Crippen LogP contribution is -2.30. The van der Waals surface area contributed by atoms with Gasteiger partial charge in [0.15, 0.2) is 0 Å². The van der Waals surface area contributed by atoms with Crippen LogP contribution in [0.5, 0.6) is 0 Å². The smallest absolute Gasteiger partial charge is 0.304 e. The van der Waals surface area contributed by atoms with E-state index in [2.05, 4.69) is 34.1 Å². The van der Waals surface area contributed by atoms with Crippen LogP contribution in [0, 0.1) is 0 Å². The zero-order valence-corrected chi connectivity index (χ0v) is 11.9. The number of likely N-dealkylation sites (tertiary alicyclic amines) is 1. The minimum absolute atomic E-state index is 0.177. The highest BCUT2D eigenvalue weighted by Crippen LogP contribution is 2.23. The third-order valence-corrected chi connectivity index (χ3v) is 4.03. The number of hydrogen-bond donors (Lipinski definition) is 1. The van der Waals surface area contributed by atoms with Gasteiger partial charge in [-0.1, -0.05) is 12.1 Å². The maximum atomic E-state index is 10.9. The number of hydrogen-bond acceptors (Lipinski definition) is 3. The molecular weight excluding hydrogens is 266 g/mol. The van der Waals surface area contributed by atoms with Crippen molar-refractivity contribution in [1.29, 1.82) is 0 Å². The molecule has 1 aromatic carbocycles. The second kappa shape index (κ2) is 6.10. The lowest BCUT2D eigenvalue weighted by molar-refractivity contribution is -0.138. The van der Waals surface area contributed by atoms with Crippen molar-refractivity contribution < 1.29 is 9.90 Å². The van der Waals surface area contributed by atoms with Crippen molar-refractivity contribution in [1.82, 2.24) is 14.5 Å². The van der Waals surface area contributed by atoms with Gasteiger partial charge in [-0.2, -0.15) is 0 Å². The first-order chi connectivity index (χ1) is 10.2. The van der Waals surface area contributed by atoms with Gasteiger partial charge in [-0.05, 0) is 37.1 Å². The topological polar surface area (TPSA) is 58.4 Å². The van der Waals surface area contributed by atoms with E-state index in [0.717, 1.165) is 31.6 Å². The highest BCUT2D eigenvalue weighted by Gasteiger charge is 2.26. The molecule has 5 nitrogen and oxygen atoms in total. The van der Waals surface area contributed by atoms with Crippen LogP contribution in [0.2, 0.25) is 0 Å². The summed E-state index contributed by atoms with van der Waals surface area (Å²) < 4.78 is 1.97. The summed E-state index contributed by atoms with van der Waals surface area (Å²) in [4.78, 5) is 17.2. The van der Waals surface area contributed by atoms with E-state index in [9.17, 15) is 4.79 Å². The normalized spacial score (nSPS) is 19.0. The van der Waals surface area contributed by atoms with Crippen molar-refractivity contribution in [3.05, 3.63) is 48.5 Å². The summed E-state index contributed by atoms with van der Waals surface area (Å²) in [5.41, 5.74) is 2.30.